The second-order valence-corrected chi connectivity index (χ2v) is 5.54. The van der Waals surface area contributed by atoms with Crippen LogP contribution in [0, 0.1) is 0 Å². The molecule has 0 spiro atoms. The van der Waals surface area contributed by atoms with Gasteiger partial charge in [0.15, 0.2) is 9.84 Å². The second kappa shape index (κ2) is 6.36. The fourth-order valence-corrected chi connectivity index (χ4v) is 2.52. The van der Waals surface area contributed by atoms with Crippen LogP contribution in [0.5, 0.6) is 0 Å². The van der Waals surface area contributed by atoms with Gasteiger partial charge in [0.1, 0.15) is 6.61 Å². The minimum Gasteiger partial charge on any atom is -0.480 e. The van der Waals surface area contributed by atoms with Crippen LogP contribution >= 0.6 is 0 Å². The third-order valence-corrected chi connectivity index (χ3v) is 3.40. The van der Waals surface area contributed by atoms with E-state index in [9.17, 15) is 18.0 Å². The predicted molar refractivity (Wildman–Crippen MR) is 61.7 cm³/mol. The summed E-state index contributed by atoms with van der Waals surface area (Å²) in [7, 11) is -3.19. The highest BCUT2D eigenvalue weighted by molar-refractivity contribution is 7.94. The van der Waals surface area contributed by atoms with Crippen molar-refractivity contribution in [2.45, 2.75) is 6.04 Å². The summed E-state index contributed by atoms with van der Waals surface area (Å²) in [4.78, 5) is 21.4. The third-order valence-electron chi connectivity index (χ3n) is 2.00. The van der Waals surface area contributed by atoms with E-state index < -0.39 is 34.5 Å². The molecule has 0 aromatic rings. The predicted octanol–water partition coefficient (Wildman–Crippen LogP) is -1.30. The minimum absolute atomic E-state index is 0.0680. The number of carbonyl (C=O) groups excluding carboxylic acids is 1. The number of hydrogen-bond donors (Lipinski definition) is 3. The van der Waals surface area contributed by atoms with E-state index in [1.165, 1.54) is 6.08 Å². The Kier molecular flexibility index (Phi) is 5.10. The lowest BCUT2D eigenvalue weighted by Gasteiger charge is -2.11. The summed E-state index contributed by atoms with van der Waals surface area (Å²) >= 11 is 0. The highest BCUT2D eigenvalue weighted by Gasteiger charge is 2.22. The van der Waals surface area contributed by atoms with Gasteiger partial charge in [-0.1, -0.05) is 0 Å². The average Bonchev–Trinajstić information content (AvgIpc) is 2.57. The minimum atomic E-state index is -3.19. The number of amides is 2. The number of hydrogen-bond acceptors (Lipinski definition) is 5. The maximum absolute atomic E-state index is 11.3. The van der Waals surface area contributed by atoms with Gasteiger partial charge in [-0.3, -0.25) is 0 Å². The Morgan fingerprint density at radius 2 is 2.17 bits per heavy atom. The quantitative estimate of drug-likeness (QED) is 0.519. The molecule has 0 saturated heterocycles. The Morgan fingerprint density at radius 1 is 1.44 bits per heavy atom. The molecule has 0 aromatic heterocycles. The number of rotatable bonds is 6. The first-order valence-corrected chi connectivity index (χ1v) is 6.85. The number of ether oxygens (including phenoxy) is 1. The van der Waals surface area contributed by atoms with Crippen LogP contribution in [-0.2, 0) is 19.4 Å². The van der Waals surface area contributed by atoms with Crippen molar-refractivity contribution in [3.05, 3.63) is 11.5 Å². The number of urea groups is 1. The van der Waals surface area contributed by atoms with Crippen LogP contribution in [0.25, 0.3) is 0 Å². The first kappa shape index (κ1) is 14.5. The van der Waals surface area contributed by atoms with Crippen molar-refractivity contribution in [3.8, 4) is 0 Å². The molecule has 0 aromatic carbocycles. The summed E-state index contributed by atoms with van der Waals surface area (Å²) in [5.74, 6) is -1.23. The molecule has 0 bridgehead atoms. The van der Waals surface area contributed by atoms with Crippen molar-refractivity contribution in [2.75, 3.05) is 25.5 Å². The van der Waals surface area contributed by atoms with E-state index in [1.54, 1.807) is 0 Å². The van der Waals surface area contributed by atoms with Crippen LogP contribution in [0.3, 0.4) is 0 Å². The van der Waals surface area contributed by atoms with Crippen LogP contribution in [0.4, 0.5) is 4.79 Å². The van der Waals surface area contributed by atoms with Crippen LogP contribution in [0.2, 0.25) is 0 Å². The molecule has 1 atom stereocenters. The smallest absolute Gasteiger partial charge is 0.329 e. The van der Waals surface area contributed by atoms with E-state index in [-0.39, 0.29) is 18.9 Å². The Morgan fingerprint density at radius 3 is 2.72 bits per heavy atom. The van der Waals surface area contributed by atoms with Crippen molar-refractivity contribution in [1.82, 2.24) is 10.6 Å². The van der Waals surface area contributed by atoms with Crippen molar-refractivity contribution in [1.29, 1.82) is 0 Å². The first-order valence-electron chi connectivity index (χ1n) is 5.14. The fourth-order valence-electron chi connectivity index (χ4n) is 1.28. The molecule has 1 unspecified atom stereocenters. The lowest BCUT2D eigenvalue weighted by atomic mass is 10.3. The molecule has 0 aliphatic carbocycles. The van der Waals surface area contributed by atoms with Crippen molar-refractivity contribution in [2.24, 2.45) is 0 Å². The number of carboxylic acid groups (broad SMARTS) is 1. The zero-order chi connectivity index (χ0) is 13.6. The van der Waals surface area contributed by atoms with E-state index in [2.05, 4.69) is 10.6 Å². The molecular weight excluding hydrogens is 264 g/mol. The monoisotopic (exact) mass is 278 g/mol. The molecule has 1 aliphatic heterocycles. The molecule has 0 radical (unpaired) electrons. The van der Waals surface area contributed by atoms with Crippen molar-refractivity contribution < 1.29 is 27.9 Å². The highest BCUT2D eigenvalue weighted by atomic mass is 32.2. The Hall–Kier alpha value is -1.61. The largest absolute Gasteiger partial charge is 0.480 e. The third kappa shape index (κ3) is 5.64. The molecule has 1 heterocycles. The number of aliphatic carboxylic acids is 1. The van der Waals surface area contributed by atoms with Gasteiger partial charge in [0.05, 0.1) is 18.4 Å². The van der Waals surface area contributed by atoms with Gasteiger partial charge in [0, 0.05) is 12.0 Å². The fraction of sp³-hybridized carbons (Fsp3) is 0.556. The molecule has 1 aliphatic rings. The second-order valence-electron chi connectivity index (χ2n) is 3.61. The Bertz CT molecular complexity index is 444. The molecule has 102 valence electrons. The molecule has 18 heavy (non-hydrogen) atoms. The number of carboxylic acids is 1. The Labute approximate surface area is 104 Å². The SMILES string of the molecule is O=C(O)COCCNC(=O)NC1C=CS(=O)(=O)C1. The molecule has 8 nitrogen and oxygen atoms in total. The molecule has 9 heteroatoms. The first-order chi connectivity index (χ1) is 8.39. The van der Waals surface area contributed by atoms with E-state index in [0.29, 0.717) is 0 Å². The molecule has 1 rings (SSSR count). The Balaban J connectivity index is 2.12. The molecule has 0 saturated carbocycles. The summed E-state index contributed by atoms with van der Waals surface area (Å²) in [6.07, 6.45) is 1.40. The van der Waals surface area contributed by atoms with E-state index in [0.717, 1.165) is 5.41 Å². The van der Waals surface area contributed by atoms with Gasteiger partial charge in [-0.2, -0.15) is 0 Å². The van der Waals surface area contributed by atoms with Gasteiger partial charge in [0.2, 0.25) is 0 Å². The van der Waals surface area contributed by atoms with E-state index in [1.807, 2.05) is 0 Å². The topological polar surface area (TPSA) is 122 Å². The zero-order valence-corrected chi connectivity index (χ0v) is 10.3. The van der Waals surface area contributed by atoms with Crippen LogP contribution in [0.15, 0.2) is 11.5 Å². The van der Waals surface area contributed by atoms with Crippen molar-refractivity contribution in [3.63, 3.8) is 0 Å². The summed E-state index contributed by atoms with van der Waals surface area (Å²) in [5, 5.41) is 14.2. The lowest BCUT2D eigenvalue weighted by molar-refractivity contribution is -0.142. The maximum atomic E-state index is 11.3. The molecule has 0 fully saturated rings. The molecule has 2 amide bonds. The normalized spacial score (nSPS) is 20.6. The summed E-state index contributed by atoms with van der Waals surface area (Å²) in [6, 6.07) is -1.06. The van der Waals surface area contributed by atoms with Gasteiger partial charge in [-0.25, -0.2) is 18.0 Å². The van der Waals surface area contributed by atoms with Crippen LogP contribution in [0.1, 0.15) is 0 Å². The number of nitrogens with one attached hydrogen (secondary N) is 2. The standard InChI is InChI=1S/C9H14N2O6S/c12-8(13)5-17-3-2-10-9(14)11-7-1-4-18(15,16)6-7/h1,4,7H,2-3,5-6H2,(H,12,13)(H2,10,11,14). The van der Waals surface area contributed by atoms with Crippen LogP contribution < -0.4 is 10.6 Å². The van der Waals surface area contributed by atoms with Gasteiger partial charge in [-0.05, 0) is 6.08 Å². The summed E-state index contributed by atoms with van der Waals surface area (Å²) in [5.41, 5.74) is 0. The average molecular weight is 278 g/mol. The summed E-state index contributed by atoms with van der Waals surface area (Å²) in [6.45, 7) is -0.215. The van der Waals surface area contributed by atoms with Gasteiger partial charge < -0.3 is 20.5 Å². The van der Waals surface area contributed by atoms with Gasteiger partial charge in [-0.15, -0.1) is 0 Å². The van der Waals surface area contributed by atoms with Crippen molar-refractivity contribution >= 4 is 21.8 Å². The van der Waals surface area contributed by atoms with E-state index in [4.69, 9.17) is 9.84 Å². The summed E-state index contributed by atoms with van der Waals surface area (Å²) < 4.78 is 26.8. The van der Waals surface area contributed by atoms with Gasteiger partial charge in [0.25, 0.3) is 0 Å². The number of sulfone groups is 1. The van der Waals surface area contributed by atoms with Gasteiger partial charge >= 0.3 is 12.0 Å². The number of carbonyl (C=O) groups is 2. The zero-order valence-electron chi connectivity index (χ0n) is 9.46. The highest BCUT2D eigenvalue weighted by Crippen LogP contribution is 2.07. The molecule has 3 N–H and O–H groups in total. The molecular formula is C9H14N2O6S. The maximum Gasteiger partial charge on any atom is 0.329 e. The lowest BCUT2D eigenvalue weighted by Crippen LogP contribution is -2.43. The van der Waals surface area contributed by atoms with E-state index >= 15 is 0 Å². The van der Waals surface area contributed by atoms with Crippen LogP contribution in [-0.4, -0.2) is 57.1 Å².